The summed E-state index contributed by atoms with van der Waals surface area (Å²) in [5, 5.41) is 9.26. The fourth-order valence-electron chi connectivity index (χ4n) is 4.54. The van der Waals surface area contributed by atoms with Crippen LogP contribution in [-0.2, 0) is 4.79 Å². The van der Waals surface area contributed by atoms with E-state index in [2.05, 4.69) is 47.6 Å². The zero-order valence-corrected chi connectivity index (χ0v) is 13.2. The maximum Gasteiger partial charge on any atom is 0.307 e. The summed E-state index contributed by atoms with van der Waals surface area (Å²) in [5.41, 5.74) is 2.09. The molecule has 2 atom stereocenters. The van der Waals surface area contributed by atoms with Crippen LogP contribution in [0.2, 0.25) is 0 Å². The Kier molecular flexibility index (Phi) is 3.15. The Morgan fingerprint density at radius 2 is 1.58 bits per heavy atom. The first-order valence-corrected chi connectivity index (χ1v) is 7.37. The minimum absolute atomic E-state index is 0.0649. The van der Waals surface area contributed by atoms with Crippen LogP contribution in [-0.4, -0.2) is 11.1 Å². The molecule has 2 nitrogen and oxygen atoms in total. The second-order valence-corrected chi connectivity index (χ2v) is 8.85. The Morgan fingerprint density at radius 3 is 1.95 bits per heavy atom. The van der Waals surface area contributed by atoms with Crippen LogP contribution in [0.1, 0.15) is 60.8 Å². The summed E-state index contributed by atoms with van der Waals surface area (Å²) in [6.45, 7) is 13.5. The molecule has 19 heavy (non-hydrogen) atoms. The Morgan fingerprint density at radius 1 is 1.11 bits per heavy atom. The maximum absolute atomic E-state index is 11.3. The van der Waals surface area contributed by atoms with Crippen LogP contribution in [0, 0.1) is 28.1 Å². The van der Waals surface area contributed by atoms with Crippen LogP contribution in [0.4, 0.5) is 0 Å². The fraction of sp³-hybridized carbons (Fsp3) is 0.824. The highest BCUT2D eigenvalue weighted by Gasteiger charge is 2.61. The molecule has 2 aliphatic rings. The van der Waals surface area contributed by atoms with Crippen LogP contribution < -0.4 is 0 Å². The van der Waals surface area contributed by atoms with Crippen molar-refractivity contribution < 1.29 is 9.90 Å². The largest absolute Gasteiger partial charge is 0.481 e. The lowest BCUT2D eigenvalue weighted by Gasteiger charge is -2.42. The lowest BCUT2D eigenvalue weighted by Crippen LogP contribution is -2.29. The van der Waals surface area contributed by atoms with E-state index in [4.69, 9.17) is 0 Å². The van der Waals surface area contributed by atoms with Gasteiger partial charge in [-0.3, -0.25) is 4.79 Å². The van der Waals surface area contributed by atoms with Gasteiger partial charge in [-0.1, -0.05) is 53.2 Å². The molecule has 0 amide bonds. The molecule has 0 aromatic heterocycles. The molecule has 1 N–H and O–H groups in total. The van der Waals surface area contributed by atoms with Gasteiger partial charge in [0.05, 0.1) is 5.92 Å². The molecule has 0 aromatic carbocycles. The van der Waals surface area contributed by atoms with Gasteiger partial charge in [0.25, 0.3) is 0 Å². The highest BCUT2D eigenvalue weighted by molar-refractivity contribution is 5.76. The van der Waals surface area contributed by atoms with Crippen molar-refractivity contribution in [3.05, 3.63) is 11.6 Å². The SMILES string of the molecule is CC1(C)CC(=CC2C(C(=O)O)C2(C)C)CC(C)(C)C1. The third-order valence-corrected chi connectivity index (χ3v) is 4.96. The van der Waals surface area contributed by atoms with Crippen molar-refractivity contribution in [1.29, 1.82) is 0 Å². The summed E-state index contributed by atoms with van der Waals surface area (Å²) in [6.07, 6.45) is 5.78. The van der Waals surface area contributed by atoms with Gasteiger partial charge >= 0.3 is 5.97 Å². The summed E-state index contributed by atoms with van der Waals surface area (Å²) >= 11 is 0. The zero-order chi connectivity index (χ0) is 14.6. The topological polar surface area (TPSA) is 37.3 Å². The molecule has 0 spiro atoms. The average Bonchev–Trinajstić information content (AvgIpc) is 2.61. The van der Waals surface area contributed by atoms with Gasteiger partial charge in [-0.25, -0.2) is 0 Å². The molecule has 0 heterocycles. The molecule has 2 unspecified atom stereocenters. The Labute approximate surface area is 117 Å². The van der Waals surface area contributed by atoms with Crippen LogP contribution >= 0.6 is 0 Å². The lowest BCUT2D eigenvalue weighted by molar-refractivity contribution is -0.139. The van der Waals surface area contributed by atoms with E-state index in [-0.39, 0.29) is 17.3 Å². The summed E-state index contributed by atoms with van der Waals surface area (Å²) in [7, 11) is 0. The van der Waals surface area contributed by atoms with Gasteiger partial charge < -0.3 is 5.11 Å². The smallest absolute Gasteiger partial charge is 0.307 e. The minimum atomic E-state index is -0.638. The second-order valence-electron chi connectivity index (χ2n) is 8.85. The van der Waals surface area contributed by atoms with Gasteiger partial charge in [-0.05, 0) is 41.4 Å². The van der Waals surface area contributed by atoms with E-state index in [1.165, 1.54) is 12.0 Å². The number of aliphatic carboxylic acids is 1. The third-order valence-electron chi connectivity index (χ3n) is 4.96. The van der Waals surface area contributed by atoms with E-state index in [0.717, 1.165) is 12.8 Å². The first-order chi connectivity index (χ1) is 8.45. The second kappa shape index (κ2) is 4.10. The maximum atomic E-state index is 11.3. The van der Waals surface area contributed by atoms with Crippen molar-refractivity contribution >= 4 is 5.97 Å². The van der Waals surface area contributed by atoms with Gasteiger partial charge in [0.2, 0.25) is 0 Å². The number of hydrogen-bond donors (Lipinski definition) is 1. The molecule has 2 rings (SSSR count). The lowest BCUT2D eigenvalue weighted by atomic mass is 9.63. The predicted octanol–water partition coefficient (Wildman–Crippen LogP) is 4.51. The fourth-order valence-corrected chi connectivity index (χ4v) is 4.54. The zero-order valence-electron chi connectivity index (χ0n) is 13.2. The Hall–Kier alpha value is -0.790. The summed E-state index contributed by atoms with van der Waals surface area (Å²) in [4.78, 5) is 11.3. The molecule has 2 saturated carbocycles. The molecule has 0 aliphatic heterocycles. The molecule has 0 radical (unpaired) electrons. The monoisotopic (exact) mass is 264 g/mol. The Bertz CT molecular complexity index is 409. The van der Waals surface area contributed by atoms with Crippen molar-refractivity contribution in [3.8, 4) is 0 Å². The van der Waals surface area contributed by atoms with E-state index in [9.17, 15) is 9.90 Å². The van der Waals surface area contributed by atoms with Crippen molar-refractivity contribution in [2.24, 2.45) is 28.1 Å². The number of carboxylic acid groups (broad SMARTS) is 1. The molecular formula is C17H28O2. The van der Waals surface area contributed by atoms with Crippen LogP contribution in [0.15, 0.2) is 11.6 Å². The van der Waals surface area contributed by atoms with Gasteiger partial charge in [-0.2, -0.15) is 0 Å². The van der Waals surface area contributed by atoms with E-state index < -0.39 is 5.97 Å². The number of carboxylic acids is 1. The highest BCUT2D eigenvalue weighted by atomic mass is 16.4. The van der Waals surface area contributed by atoms with Crippen LogP contribution in [0.3, 0.4) is 0 Å². The van der Waals surface area contributed by atoms with Crippen molar-refractivity contribution in [2.45, 2.75) is 60.8 Å². The van der Waals surface area contributed by atoms with E-state index in [1.54, 1.807) is 0 Å². The first kappa shape index (κ1) is 14.6. The standard InChI is InChI=1S/C17H28O2/c1-15(2)8-11(9-16(3,4)10-15)7-12-13(14(18)19)17(12,5)6/h7,12-13H,8-10H2,1-6H3,(H,18,19). The molecular weight excluding hydrogens is 236 g/mol. The molecule has 0 aromatic rings. The molecule has 2 aliphatic carbocycles. The number of rotatable bonds is 2. The summed E-state index contributed by atoms with van der Waals surface area (Å²) in [5.74, 6) is -0.598. The first-order valence-electron chi connectivity index (χ1n) is 7.37. The quantitative estimate of drug-likeness (QED) is 0.745. The minimum Gasteiger partial charge on any atom is -0.481 e. The highest BCUT2D eigenvalue weighted by Crippen LogP contribution is 2.60. The molecule has 0 saturated heterocycles. The van der Waals surface area contributed by atoms with E-state index in [0.29, 0.717) is 10.8 Å². The van der Waals surface area contributed by atoms with E-state index in [1.807, 2.05) is 0 Å². The molecule has 2 fully saturated rings. The van der Waals surface area contributed by atoms with Gasteiger partial charge in [-0.15, -0.1) is 0 Å². The number of carbonyl (C=O) groups is 1. The summed E-state index contributed by atoms with van der Waals surface area (Å²) in [6, 6.07) is 0. The molecule has 2 heteroatoms. The predicted molar refractivity (Wildman–Crippen MR) is 77.9 cm³/mol. The van der Waals surface area contributed by atoms with Crippen molar-refractivity contribution in [1.82, 2.24) is 0 Å². The number of hydrogen-bond acceptors (Lipinski definition) is 1. The van der Waals surface area contributed by atoms with Gasteiger partial charge in [0.1, 0.15) is 0 Å². The summed E-state index contributed by atoms with van der Waals surface area (Å²) < 4.78 is 0. The van der Waals surface area contributed by atoms with Crippen LogP contribution in [0.25, 0.3) is 0 Å². The number of allylic oxidation sites excluding steroid dienone is 2. The average molecular weight is 264 g/mol. The molecule has 0 bridgehead atoms. The third kappa shape index (κ3) is 2.88. The molecule has 108 valence electrons. The van der Waals surface area contributed by atoms with Crippen molar-refractivity contribution in [2.75, 3.05) is 0 Å². The Balaban J connectivity index is 2.19. The van der Waals surface area contributed by atoms with E-state index >= 15 is 0 Å². The van der Waals surface area contributed by atoms with Crippen molar-refractivity contribution in [3.63, 3.8) is 0 Å². The van der Waals surface area contributed by atoms with Crippen LogP contribution in [0.5, 0.6) is 0 Å². The normalized spacial score (nSPS) is 34.7. The van der Waals surface area contributed by atoms with Gasteiger partial charge in [0.15, 0.2) is 0 Å². The van der Waals surface area contributed by atoms with Gasteiger partial charge in [0, 0.05) is 0 Å².